The minimum absolute atomic E-state index is 0.278. The molecule has 1 heterocycles. The lowest BCUT2D eigenvalue weighted by atomic mass is 9.98. The summed E-state index contributed by atoms with van der Waals surface area (Å²) in [4.78, 5) is 11.5. The normalized spacial score (nSPS) is 15.7. The second-order valence-electron chi connectivity index (χ2n) is 8.58. The third-order valence-corrected chi connectivity index (χ3v) is 8.26. The molecule has 6 nitrogen and oxygen atoms in total. The number of benzene rings is 3. The second-order valence-corrected chi connectivity index (χ2v) is 10.5. The van der Waals surface area contributed by atoms with Crippen molar-refractivity contribution in [1.82, 2.24) is 4.31 Å². The van der Waals surface area contributed by atoms with E-state index in [1.807, 2.05) is 50.2 Å². The summed E-state index contributed by atoms with van der Waals surface area (Å²) in [5, 5.41) is 14.5. The fourth-order valence-electron chi connectivity index (χ4n) is 4.33. The summed E-state index contributed by atoms with van der Waals surface area (Å²) in [5.74, 6) is -0.536. The van der Waals surface area contributed by atoms with Crippen LogP contribution in [-0.2, 0) is 10.0 Å². The van der Waals surface area contributed by atoms with Crippen molar-refractivity contribution in [2.24, 2.45) is 5.92 Å². The molecule has 2 N–H and O–H groups in total. The first-order valence-electron chi connectivity index (χ1n) is 10.8. The lowest BCUT2D eigenvalue weighted by molar-refractivity contribution is 0.0697. The van der Waals surface area contributed by atoms with Crippen molar-refractivity contribution in [2.75, 3.05) is 25.0 Å². The molecule has 7 heteroatoms. The Hall–Kier alpha value is -2.90. The van der Waals surface area contributed by atoms with Gasteiger partial charge in [-0.25, -0.2) is 13.2 Å². The summed E-state index contributed by atoms with van der Waals surface area (Å²) in [5.41, 5.74) is 3.11. The zero-order valence-electron chi connectivity index (χ0n) is 18.3. The average Bonchev–Trinajstić information content (AvgIpc) is 2.77. The summed E-state index contributed by atoms with van der Waals surface area (Å²) in [6.07, 6.45) is 1.62. The van der Waals surface area contributed by atoms with Gasteiger partial charge >= 0.3 is 5.97 Å². The van der Waals surface area contributed by atoms with Crippen LogP contribution in [0.1, 0.15) is 34.3 Å². The molecule has 1 aliphatic heterocycles. The predicted octanol–water partition coefficient (Wildman–Crippen LogP) is 4.67. The maximum Gasteiger partial charge on any atom is 0.335 e. The first-order valence-corrected chi connectivity index (χ1v) is 12.3. The SMILES string of the molecule is Cc1ccc(S(=O)(=O)N2CCC(CNc3ccc4cc(C(=O)O)ccc4c3)CC2)c(C)c1. The van der Waals surface area contributed by atoms with Crippen LogP contribution in [0.5, 0.6) is 0 Å². The molecule has 4 rings (SSSR count). The smallest absolute Gasteiger partial charge is 0.335 e. The standard InChI is InChI=1S/C25H28N2O4S/c1-17-3-8-24(18(2)13-17)32(30,31)27-11-9-19(10-12-27)16-26-23-7-6-20-14-22(25(28)29)5-4-21(20)15-23/h3-8,13-15,19,26H,9-12,16H2,1-2H3,(H,28,29). The van der Waals surface area contributed by atoms with Gasteiger partial charge in [0.1, 0.15) is 0 Å². The molecular formula is C25H28N2O4S. The second kappa shape index (κ2) is 8.92. The molecular weight excluding hydrogens is 424 g/mol. The van der Waals surface area contributed by atoms with Gasteiger partial charge in [-0.3, -0.25) is 0 Å². The third kappa shape index (κ3) is 4.64. The van der Waals surface area contributed by atoms with Gasteiger partial charge in [0.25, 0.3) is 0 Å². The molecule has 1 fully saturated rings. The molecule has 1 saturated heterocycles. The molecule has 1 aliphatic rings. The number of carbonyl (C=O) groups is 1. The van der Waals surface area contributed by atoms with Crippen molar-refractivity contribution in [1.29, 1.82) is 0 Å². The van der Waals surface area contributed by atoms with E-state index in [1.165, 1.54) is 0 Å². The number of fused-ring (bicyclic) bond motifs is 1. The molecule has 0 amide bonds. The van der Waals surface area contributed by atoms with E-state index >= 15 is 0 Å². The number of hydrogen-bond donors (Lipinski definition) is 2. The Morgan fingerprint density at radius 3 is 2.38 bits per heavy atom. The van der Waals surface area contributed by atoms with Crippen LogP contribution in [0, 0.1) is 19.8 Å². The number of rotatable bonds is 6. The maximum absolute atomic E-state index is 13.1. The molecule has 0 aromatic heterocycles. The number of piperidine rings is 1. The summed E-state index contributed by atoms with van der Waals surface area (Å²) >= 11 is 0. The van der Waals surface area contributed by atoms with Crippen molar-refractivity contribution in [3.05, 3.63) is 71.3 Å². The highest BCUT2D eigenvalue weighted by atomic mass is 32.2. The van der Waals surface area contributed by atoms with Gasteiger partial charge in [-0.1, -0.05) is 29.8 Å². The van der Waals surface area contributed by atoms with Crippen molar-refractivity contribution in [3.8, 4) is 0 Å². The molecule has 32 heavy (non-hydrogen) atoms. The molecule has 0 atom stereocenters. The van der Waals surface area contributed by atoms with Gasteiger partial charge in [0, 0.05) is 25.3 Å². The molecule has 0 bridgehead atoms. The molecule has 3 aromatic rings. The first-order chi connectivity index (χ1) is 15.2. The van der Waals surface area contributed by atoms with Crippen molar-refractivity contribution in [3.63, 3.8) is 0 Å². The summed E-state index contributed by atoms with van der Waals surface area (Å²) < 4.78 is 27.7. The van der Waals surface area contributed by atoms with Gasteiger partial charge in [0.15, 0.2) is 0 Å². The zero-order chi connectivity index (χ0) is 22.9. The highest BCUT2D eigenvalue weighted by molar-refractivity contribution is 7.89. The molecule has 0 aliphatic carbocycles. The monoisotopic (exact) mass is 452 g/mol. The summed E-state index contributed by atoms with van der Waals surface area (Å²) in [6, 6.07) is 16.5. The number of sulfonamides is 1. The van der Waals surface area contributed by atoms with Gasteiger partial charge in [-0.15, -0.1) is 0 Å². The lowest BCUT2D eigenvalue weighted by Crippen LogP contribution is -2.40. The molecule has 3 aromatic carbocycles. The number of nitrogens with zero attached hydrogens (tertiary/aromatic N) is 1. The van der Waals surface area contributed by atoms with Crippen LogP contribution < -0.4 is 5.32 Å². The Balaban J connectivity index is 1.36. The van der Waals surface area contributed by atoms with Crippen LogP contribution >= 0.6 is 0 Å². The summed E-state index contributed by atoms with van der Waals surface area (Å²) in [7, 11) is -3.46. The first kappa shape index (κ1) is 22.3. The maximum atomic E-state index is 13.1. The number of carboxylic acids is 1. The molecule has 0 unspecified atom stereocenters. The molecule has 0 radical (unpaired) electrons. The average molecular weight is 453 g/mol. The minimum Gasteiger partial charge on any atom is -0.478 e. The van der Waals surface area contributed by atoms with Gasteiger partial charge in [-0.05, 0) is 79.3 Å². The molecule has 168 valence electrons. The number of anilines is 1. The number of nitrogens with one attached hydrogen (secondary N) is 1. The Kier molecular flexibility index (Phi) is 6.22. The van der Waals surface area contributed by atoms with Gasteiger partial charge in [0.05, 0.1) is 10.5 Å². The Bertz CT molecular complexity index is 1260. The number of carboxylic acid groups (broad SMARTS) is 1. The number of hydrogen-bond acceptors (Lipinski definition) is 4. The quantitative estimate of drug-likeness (QED) is 0.568. The van der Waals surface area contributed by atoms with Gasteiger partial charge in [-0.2, -0.15) is 4.31 Å². The summed E-state index contributed by atoms with van der Waals surface area (Å²) in [6.45, 7) is 5.64. The molecule has 0 spiro atoms. The van der Waals surface area contributed by atoms with Crippen LogP contribution in [-0.4, -0.2) is 43.4 Å². The van der Waals surface area contributed by atoms with Crippen molar-refractivity contribution >= 4 is 32.5 Å². The lowest BCUT2D eigenvalue weighted by Gasteiger charge is -2.32. The highest BCUT2D eigenvalue weighted by Gasteiger charge is 2.30. The van der Waals surface area contributed by atoms with E-state index in [2.05, 4.69) is 5.32 Å². The fraction of sp³-hybridized carbons (Fsp3) is 0.320. The van der Waals surface area contributed by atoms with E-state index in [0.29, 0.717) is 23.9 Å². The van der Waals surface area contributed by atoms with E-state index in [9.17, 15) is 13.2 Å². The van der Waals surface area contributed by atoms with E-state index in [0.717, 1.165) is 47.0 Å². The zero-order valence-corrected chi connectivity index (χ0v) is 19.2. The molecule has 0 saturated carbocycles. The van der Waals surface area contributed by atoms with Gasteiger partial charge < -0.3 is 10.4 Å². The third-order valence-electron chi connectivity index (χ3n) is 6.20. The Labute approximate surface area is 188 Å². The largest absolute Gasteiger partial charge is 0.478 e. The van der Waals surface area contributed by atoms with Gasteiger partial charge in [0.2, 0.25) is 10.0 Å². The highest BCUT2D eigenvalue weighted by Crippen LogP contribution is 2.27. The van der Waals surface area contributed by atoms with Crippen molar-refractivity contribution in [2.45, 2.75) is 31.6 Å². The fourth-order valence-corrected chi connectivity index (χ4v) is 6.01. The predicted molar refractivity (Wildman–Crippen MR) is 127 cm³/mol. The van der Waals surface area contributed by atoms with E-state index in [1.54, 1.807) is 22.5 Å². The van der Waals surface area contributed by atoms with Crippen LogP contribution in [0.25, 0.3) is 10.8 Å². The van der Waals surface area contributed by atoms with E-state index in [4.69, 9.17) is 5.11 Å². The van der Waals surface area contributed by atoms with Crippen LogP contribution in [0.4, 0.5) is 5.69 Å². The van der Waals surface area contributed by atoms with Crippen LogP contribution in [0.15, 0.2) is 59.5 Å². The minimum atomic E-state index is -3.46. The van der Waals surface area contributed by atoms with Crippen LogP contribution in [0.2, 0.25) is 0 Å². The van der Waals surface area contributed by atoms with Crippen molar-refractivity contribution < 1.29 is 18.3 Å². The van der Waals surface area contributed by atoms with E-state index in [-0.39, 0.29) is 5.56 Å². The topological polar surface area (TPSA) is 86.7 Å². The number of aromatic carboxylic acids is 1. The number of aryl methyl sites for hydroxylation is 2. The van der Waals surface area contributed by atoms with E-state index < -0.39 is 16.0 Å². The Morgan fingerprint density at radius 1 is 1.00 bits per heavy atom. The Morgan fingerprint density at radius 2 is 1.69 bits per heavy atom. The van der Waals surface area contributed by atoms with Crippen LogP contribution in [0.3, 0.4) is 0 Å².